The van der Waals surface area contributed by atoms with E-state index in [2.05, 4.69) is 5.10 Å². The monoisotopic (exact) mass is 285 g/mol. The Morgan fingerprint density at radius 1 is 1.58 bits per heavy atom. The van der Waals surface area contributed by atoms with Crippen LogP contribution in [-0.2, 0) is 16.6 Å². The number of aromatic nitrogens is 2. The minimum absolute atomic E-state index is 0.310. The van der Waals surface area contributed by atoms with Gasteiger partial charge in [0.1, 0.15) is 5.54 Å². The number of aryl methyl sites for hydroxylation is 1. The summed E-state index contributed by atoms with van der Waals surface area (Å²) in [5.41, 5.74) is 5.08. The summed E-state index contributed by atoms with van der Waals surface area (Å²) in [6.07, 6.45) is 6.44. The number of hydrogen-bond donors (Lipinski definition) is 1. The fraction of sp³-hybridized carbons (Fsp3) is 0.692. The molecule has 0 aliphatic rings. The molecular weight excluding hydrogens is 262 g/mol. The highest BCUT2D eigenvalue weighted by molar-refractivity contribution is 7.99. The number of rotatable bonds is 8. The molecule has 19 heavy (non-hydrogen) atoms. The second-order valence-corrected chi connectivity index (χ2v) is 5.96. The normalized spacial score (nSPS) is 14.1. The highest BCUT2D eigenvalue weighted by atomic mass is 32.2. The fourth-order valence-electron chi connectivity index (χ4n) is 1.66. The van der Waals surface area contributed by atoms with Crippen molar-refractivity contribution in [2.45, 2.75) is 43.5 Å². The van der Waals surface area contributed by atoms with E-state index in [1.807, 2.05) is 19.4 Å². The second kappa shape index (κ2) is 7.55. The third kappa shape index (κ3) is 5.65. The summed E-state index contributed by atoms with van der Waals surface area (Å²) < 4.78 is 6.75. The van der Waals surface area contributed by atoms with E-state index in [0.717, 1.165) is 18.6 Å². The Morgan fingerprint density at radius 2 is 2.32 bits per heavy atom. The van der Waals surface area contributed by atoms with E-state index < -0.39 is 5.54 Å². The van der Waals surface area contributed by atoms with E-state index in [1.165, 1.54) is 4.90 Å². The van der Waals surface area contributed by atoms with Crippen LogP contribution in [0.5, 0.6) is 0 Å². The topological polar surface area (TPSA) is 70.1 Å². The first kappa shape index (κ1) is 16.0. The Hall–Kier alpha value is -1.01. The van der Waals surface area contributed by atoms with E-state index in [0.29, 0.717) is 13.0 Å². The molecule has 5 nitrogen and oxygen atoms in total. The number of ether oxygens (including phenoxy) is 1. The van der Waals surface area contributed by atoms with E-state index in [-0.39, 0.29) is 5.97 Å². The molecule has 0 fully saturated rings. The predicted molar refractivity (Wildman–Crippen MR) is 77.0 cm³/mol. The molecule has 0 amide bonds. The van der Waals surface area contributed by atoms with Gasteiger partial charge in [-0.15, -0.1) is 11.8 Å². The molecule has 1 aromatic rings. The largest absolute Gasteiger partial charge is 0.465 e. The zero-order valence-corrected chi connectivity index (χ0v) is 12.7. The van der Waals surface area contributed by atoms with Gasteiger partial charge in [-0.2, -0.15) is 5.10 Å². The molecule has 0 aliphatic carbocycles. The van der Waals surface area contributed by atoms with Crippen molar-refractivity contribution in [3.63, 3.8) is 0 Å². The molecule has 0 saturated carbocycles. The molecule has 1 aromatic heterocycles. The number of unbranched alkanes of at least 4 members (excludes halogenated alkanes) is 1. The minimum Gasteiger partial charge on any atom is -0.465 e. The fourth-order valence-corrected chi connectivity index (χ4v) is 2.59. The van der Waals surface area contributed by atoms with Crippen LogP contribution in [0.3, 0.4) is 0 Å². The van der Waals surface area contributed by atoms with Gasteiger partial charge in [-0.3, -0.25) is 9.48 Å². The van der Waals surface area contributed by atoms with Crippen LogP contribution in [0.15, 0.2) is 17.3 Å². The molecular formula is C13H23N3O2S. The molecule has 0 bridgehead atoms. The van der Waals surface area contributed by atoms with Crippen molar-refractivity contribution in [2.75, 3.05) is 12.4 Å². The molecule has 0 aromatic carbocycles. The Labute approximate surface area is 118 Å². The Kier molecular flexibility index (Phi) is 6.37. The van der Waals surface area contributed by atoms with Gasteiger partial charge in [-0.1, -0.05) is 6.42 Å². The van der Waals surface area contributed by atoms with Crippen LogP contribution in [0, 0.1) is 0 Å². The van der Waals surface area contributed by atoms with Gasteiger partial charge in [0.15, 0.2) is 0 Å². The van der Waals surface area contributed by atoms with Crippen LogP contribution in [0.25, 0.3) is 0 Å². The summed E-state index contributed by atoms with van der Waals surface area (Å²) in [7, 11) is 1.91. The lowest BCUT2D eigenvalue weighted by Gasteiger charge is -2.21. The lowest BCUT2D eigenvalue weighted by molar-refractivity contribution is -0.149. The first-order valence-electron chi connectivity index (χ1n) is 6.53. The molecule has 108 valence electrons. The summed E-state index contributed by atoms with van der Waals surface area (Å²) in [5.74, 6) is 0.694. The molecule has 6 heteroatoms. The number of nitrogens with two attached hydrogens (primary N) is 1. The SMILES string of the molecule is CCOC(=O)C(C)(N)CCCCSc1cnn(C)c1. The van der Waals surface area contributed by atoms with Crippen LogP contribution in [0.4, 0.5) is 0 Å². The second-order valence-electron chi connectivity index (χ2n) is 4.79. The van der Waals surface area contributed by atoms with Gasteiger partial charge < -0.3 is 10.5 Å². The van der Waals surface area contributed by atoms with Gasteiger partial charge in [-0.05, 0) is 32.4 Å². The van der Waals surface area contributed by atoms with Crippen LogP contribution >= 0.6 is 11.8 Å². The Bertz CT molecular complexity index is 404. The van der Waals surface area contributed by atoms with Crippen molar-refractivity contribution >= 4 is 17.7 Å². The summed E-state index contributed by atoms with van der Waals surface area (Å²) in [5, 5.41) is 4.11. The third-order valence-electron chi connectivity index (χ3n) is 2.78. The molecule has 1 rings (SSSR count). The minimum atomic E-state index is -0.866. The van der Waals surface area contributed by atoms with Crippen molar-refractivity contribution in [1.29, 1.82) is 0 Å². The summed E-state index contributed by atoms with van der Waals surface area (Å²) in [6, 6.07) is 0. The van der Waals surface area contributed by atoms with Crippen LogP contribution < -0.4 is 5.73 Å². The maximum atomic E-state index is 11.6. The van der Waals surface area contributed by atoms with Gasteiger partial charge in [-0.25, -0.2) is 0 Å². The van der Waals surface area contributed by atoms with Crippen LogP contribution in [0.2, 0.25) is 0 Å². The van der Waals surface area contributed by atoms with E-state index in [9.17, 15) is 4.79 Å². The molecule has 0 spiro atoms. The maximum absolute atomic E-state index is 11.6. The molecule has 2 N–H and O–H groups in total. The smallest absolute Gasteiger partial charge is 0.325 e. The molecule has 0 aliphatic heterocycles. The van der Waals surface area contributed by atoms with Gasteiger partial charge >= 0.3 is 5.97 Å². The summed E-state index contributed by atoms with van der Waals surface area (Å²) in [6.45, 7) is 3.90. The number of hydrogen-bond acceptors (Lipinski definition) is 5. The molecule has 1 unspecified atom stereocenters. The van der Waals surface area contributed by atoms with E-state index in [1.54, 1.807) is 30.3 Å². The lowest BCUT2D eigenvalue weighted by atomic mass is 9.96. The van der Waals surface area contributed by atoms with Crippen molar-refractivity contribution < 1.29 is 9.53 Å². The number of carbonyl (C=O) groups is 1. The quantitative estimate of drug-likeness (QED) is 0.449. The van der Waals surface area contributed by atoms with Crippen molar-refractivity contribution in [2.24, 2.45) is 12.8 Å². The van der Waals surface area contributed by atoms with E-state index in [4.69, 9.17) is 10.5 Å². The highest BCUT2D eigenvalue weighted by Crippen LogP contribution is 2.20. The third-order valence-corrected chi connectivity index (χ3v) is 3.82. The summed E-state index contributed by atoms with van der Waals surface area (Å²) in [4.78, 5) is 12.8. The molecule has 0 radical (unpaired) electrons. The van der Waals surface area contributed by atoms with Crippen molar-refractivity contribution in [3.8, 4) is 0 Å². The van der Waals surface area contributed by atoms with Crippen molar-refractivity contribution in [3.05, 3.63) is 12.4 Å². The average Bonchev–Trinajstić information content (AvgIpc) is 2.75. The van der Waals surface area contributed by atoms with E-state index >= 15 is 0 Å². The van der Waals surface area contributed by atoms with Crippen LogP contribution in [-0.4, -0.2) is 33.6 Å². The lowest BCUT2D eigenvalue weighted by Crippen LogP contribution is -2.46. The average molecular weight is 285 g/mol. The van der Waals surface area contributed by atoms with Gasteiger partial charge in [0.2, 0.25) is 0 Å². The van der Waals surface area contributed by atoms with Crippen LogP contribution in [0.1, 0.15) is 33.1 Å². The first-order valence-corrected chi connectivity index (χ1v) is 7.52. The predicted octanol–water partition coefficient (Wildman–Crippen LogP) is 1.96. The zero-order valence-electron chi connectivity index (χ0n) is 11.9. The highest BCUT2D eigenvalue weighted by Gasteiger charge is 2.28. The van der Waals surface area contributed by atoms with Gasteiger partial charge in [0.25, 0.3) is 0 Å². The molecule has 0 saturated heterocycles. The standard InChI is InChI=1S/C13H23N3O2S/c1-4-18-12(17)13(2,14)7-5-6-8-19-11-9-15-16(3)10-11/h9-10H,4-8,14H2,1-3H3. The zero-order chi connectivity index (χ0) is 14.3. The Morgan fingerprint density at radius 3 is 2.89 bits per heavy atom. The van der Waals surface area contributed by atoms with Gasteiger partial charge in [0, 0.05) is 18.1 Å². The molecule has 1 atom stereocenters. The number of nitrogens with zero attached hydrogens (tertiary/aromatic N) is 2. The maximum Gasteiger partial charge on any atom is 0.325 e. The Balaban J connectivity index is 2.18. The number of thioether (sulfide) groups is 1. The number of carbonyl (C=O) groups excluding carboxylic acids is 1. The number of esters is 1. The molecule has 1 heterocycles. The van der Waals surface area contributed by atoms with Gasteiger partial charge in [0.05, 0.1) is 12.8 Å². The summed E-state index contributed by atoms with van der Waals surface area (Å²) >= 11 is 1.77. The first-order chi connectivity index (χ1) is 8.95. The van der Waals surface area contributed by atoms with Crippen molar-refractivity contribution in [1.82, 2.24) is 9.78 Å².